The van der Waals surface area contributed by atoms with Crippen molar-refractivity contribution in [2.75, 3.05) is 13.2 Å². The van der Waals surface area contributed by atoms with Gasteiger partial charge >= 0.3 is 0 Å². The van der Waals surface area contributed by atoms with E-state index in [1.807, 2.05) is 18.7 Å². The molecule has 0 radical (unpaired) electrons. The van der Waals surface area contributed by atoms with Crippen LogP contribution in [0.25, 0.3) is 0 Å². The highest BCUT2D eigenvalue weighted by Crippen LogP contribution is 2.29. The van der Waals surface area contributed by atoms with Gasteiger partial charge in [0.25, 0.3) is 0 Å². The minimum atomic E-state index is 0.240. The Hall–Kier alpha value is -0.510. The van der Waals surface area contributed by atoms with Crippen LogP contribution >= 0.6 is 11.8 Å². The van der Waals surface area contributed by atoms with Gasteiger partial charge in [-0.1, -0.05) is 12.1 Å². The third-order valence-corrected chi connectivity index (χ3v) is 4.30. The molecule has 1 heterocycles. The average Bonchev–Trinajstić information content (AvgIpc) is 2.32. The average molecular weight is 251 g/mol. The quantitative estimate of drug-likeness (QED) is 0.893. The van der Waals surface area contributed by atoms with E-state index >= 15 is 0 Å². The number of nitrogens with two attached hydrogens (primary N) is 1. The topological polar surface area (TPSA) is 35.2 Å². The fourth-order valence-corrected chi connectivity index (χ4v) is 3.17. The zero-order valence-corrected chi connectivity index (χ0v) is 11.2. The molecule has 2 rings (SSSR count). The van der Waals surface area contributed by atoms with E-state index in [9.17, 15) is 0 Å². The molecule has 1 fully saturated rings. The van der Waals surface area contributed by atoms with Gasteiger partial charge < -0.3 is 10.5 Å². The molecule has 1 aromatic rings. The van der Waals surface area contributed by atoms with Gasteiger partial charge in [-0.2, -0.15) is 0 Å². The molecule has 1 aliphatic heterocycles. The first-order chi connectivity index (χ1) is 8.24. The molecule has 3 heteroatoms. The Morgan fingerprint density at radius 1 is 1.29 bits per heavy atom. The molecule has 1 aliphatic rings. The third-order valence-electron chi connectivity index (χ3n) is 2.95. The van der Waals surface area contributed by atoms with E-state index in [0.717, 1.165) is 24.9 Å². The lowest BCUT2D eigenvalue weighted by Crippen LogP contribution is -2.18. The van der Waals surface area contributed by atoms with Crippen LogP contribution in [0.15, 0.2) is 29.2 Å². The smallest absolute Gasteiger partial charge is 0.0476 e. The summed E-state index contributed by atoms with van der Waals surface area (Å²) < 4.78 is 5.37. The molecule has 17 heavy (non-hydrogen) atoms. The molecule has 0 bridgehead atoms. The molecule has 1 atom stereocenters. The van der Waals surface area contributed by atoms with E-state index in [4.69, 9.17) is 10.5 Å². The van der Waals surface area contributed by atoms with Crippen molar-refractivity contribution in [3.63, 3.8) is 0 Å². The van der Waals surface area contributed by atoms with Gasteiger partial charge in [-0.15, -0.1) is 11.8 Å². The number of hydrogen-bond acceptors (Lipinski definition) is 3. The Morgan fingerprint density at radius 3 is 2.53 bits per heavy atom. The summed E-state index contributed by atoms with van der Waals surface area (Å²) in [7, 11) is 0. The lowest BCUT2D eigenvalue weighted by molar-refractivity contribution is 0.100. The first-order valence-corrected chi connectivity index (χ1v) is 7.21. The predicted octanol–water partition coefficient (Wildman–Crippen LogP) is 2.85. The molecule has 2 nitrogen and oxygen atoms in total. The van der Waals surface area contributed by atoms with Crippen molar-refractivity contribution >= 4 is 11.8 Å². The van der Waals surface area contributed by atoms with Crippen molar-refractivity contribution in [3.05, 3.63) is 29.8 Å². The van der Waals surface area contributed by atoms with Gasteiger partial charge in [-0.25, -0.2) is 0 Å². The number of ether oxygens (including phenoxy) is 1. The highest BCUT2D eigenvalue weighted by atomic mass is 32.2. The molecule has 2 N–H and O–H groups in total. The fraction of sp³-hybridized carbons (Fsp3) is 0.571. The van der Waals surface area contributed by atoms with Gasteiger partial charge in [0.1, 0.15) is 0 Å². The maximum Gasteiger partial charge on any atom is 0.0476 e. The lowest BCUT2D eigenvalue weighted by atomic mass is 10.1. The standard InChI is InChI=1S/C14H21NOS/c1-11(15)10-12-2-4-13(5-3-12)17-14-6-8-16-9-7-14/h2-5,11,14H,6-10,15H2,1H3. The highest BCUT2D eigenvalue weighted by molar-refractivity contribution is 8.00. The Morgan fingerprint density at radius 2 is 1.94 bits per heavy atom. The molecular formula is C14H21NOS. The van der Waals surface area contributed by atoms with Gasteiger partial charge in [0.05, 0.1) is 0 Å². The van der Waals surface area contributed by atoms with E-state index in [1.54, 1.807) is 0 Å². The van der Waals surface area contributed by atoms with E-state index in [1.165, 1.54) is 23.3 Å². The Bertz CT molecular complexity index is 331. The summed E-state index contributed by atoms with van der Waals surface area (Å²) in [6, 6.07) is 9.08. The lowest BCUT2D eigenvalue weighted by Gasteiger charge is -2.21. The van der Waals surface area contributed by atoms with Crippen molar-refractivity contribution < 1.29 is 4.74 Å². The largest absolute Gasteiger partial charge is 0.381 e. The number of thioether (sulfide) groups is 1. The second-order valence-electron chi connectivity index (χ2n) is 4.75. The first kappa shape index (κ1) is 12.9. The molecule has 1 saturated heterocycles. The number of benzene rings is 1. The minimum Gasteiger partial charge on any atom is -0.381 e. The number of rotatable bonds is 4. The zero-order chi connectivity index (χ0) is 12.1. The first-order valence-electron chi connectivity index (χ1n) is 6.33. The molecule has 0 aliphatic carbocycles. The summed E-state index contributed by atoms with van der Waals surface area (Å²) in [5.41, 5.74) is 7.12. The Kier molecular flexibility index (Phi) is 4.89. The van der Waals surface area contributed by atoms with Gasteiger partial charge in [-0.05, 0) is 43.9 Å². The molecule has 0 amide bonds. The van der Waals surface area contributed by atoms with Crippen LogP contribution in [-0.4, -0.2) is 24.5 Å². The minimum absolute atomic E-state index is 0.240. The SMILES string of the molecule is CC(N)Cc1ccc(SC2CCOCC2)cc1. The van der Waals surface area contributed by atoms with Gasteiger partial charge in [-0.3, -0.25) is 0 Å². The summed E-state index contributed by atoms with van der Waals surface area (Å²) in [4.78, 5) is 1.37. The molecule has 1 aromatic carbocycles. The Balaban J connectivity index is 1.88. The maximum absolute atomic E-state index is 5.79. The van der Waals surface area contributed by atoms with E-state index in [-0.39, 0.29) is 6.04 Å². The van der Waals surface area contributed by atoms with Crippen LogP contribution in [0.5, 0.6) is 0 Å². The second-order valence-corrected chi connectivity index (χ2v) is 6.13. The normalized spacial score (nSPS) is 19.2. The molecule has 1 unspecified atom stereocenters. The van der Waals surface area contributed by atoms with Crippen molar-refractivity contribution in [1.29, 1.82) is 0 Å². The Labute approximate surface area is 108 Å². The van der Waals surface area contributed by atoms with Crippen molar-refractivity contribution in [1.82, 2.24) is 0 Å². The summed E-state index contributed by atoms with van der Waals surface area (Å²) in [5.74, 6) is 0. The predicted molar refractivity (Wildman–Crippen MR) is 73.5 cm³/mol. The van der Waals surface area contributed by atoms with Crippen LogP contribution < -0.4 is 5.73 Å². The van der Waals surface area contributed by atoms with Gasteiger partial charge in [0.2, 0.25) is 0 Å². The van der Waals surface area contributed by atoms with E-state index in [2.05, 4.69) is 24.3 Å². The van der Waals surface area contributed by atoms with Crippen LogP contribution in [0, 0.1) is 0 Å². The van der Waals surface area contributed by atoms with Crippen LogP contribution in [0.1, 0.15) is 25.3 Å². The monoisotopic (exact) mass is 251 g/mol. The van der Waals surface area contributed by atoms with Crippen LogP contribution in [0.4, 0.5) is 0 Å². The van der Waals surface area contributed by atoms with Crippen LogP contribution in [-0.2, 0) is 11.2 Å². The third kappa shape index (κ3) is 4.34. The van der Waals surface area contributed by atoms with Crippen molar-refractivity contribution in [2.24, 2.45) is 5.73 Å². The maximum atomic E-state index is 5.79. The van der Waals surface area contributed by atoms with Crippen LogP contribution in [0.3, 0.4) is 0 Å². The van der Waals surface area contributed by atoms with Gasteiger partial charge in [0.15, 0.2) is 0 Å². The van der Waals surface area contributed by atoms with Crippen molar-refractivity contribution in [3.8, 4) is 0 Å². The fourth-order valence-electron chi connectivity index (χ4n) is 2.06. The summed E-state index contributed by atoms with van der Waals surface area (Å²) in [5, 5.41) is 0.725. The second kappa shape index (κ2) is 6.43. The highest BCUT2D eigenvalue weighted by Gasteiger charge is 2.14. The van der Waals surface area contributed by atoms with Crippen molar-refractivity contribution in [2.45, 2.75) is 42.4 Å². The molecule has 0 spiro atoms. The van der Waals surface area contributed by atoms with E-state index in [0.29, 0.717) is 0 Å². The summed E-state index contributed by atoms with van der Waals surface area (Å²) >= 11 is 1.98. The summed E-state index contributed by atoms with van der Waals surface area (Å²) in [6.07, 6.45) is 3.31. The number of hydrogen-bond donors (Lipinski definition) is 1. The summed E-state index contributed by atoms with van der Waals surface area (Å²) in [6.45, 7) is 3.88. The van der Waals surface area contributed by atoms with Gasteiger partial charge in [0, 0.05) is 29.4 Å². The molecular weight excluding hydrogens is 230 g/mol. The van der Waals surface area contributed by atoms with E-state index < -0.39 is 0 Å². The van der Waals surface area contributed by atoms with Crippen LogP contribution in [0.2, 0.25) is 0 Å². The molecule has 0 aromatic heterocycles. The molecule has 0 saturated carbocycles. The molecule has 94 valence electrons. The zero-order valence-electron chi connectivity index (χ0n) is 10.4.